The lowest BCUT2D eigenvalue weighted by atomic mass is 9.98. The van der Waals surface area contributed by atoms with Gasteiger partial charge in [-0.05, 0) is 32.4 Å². The van der Waals surface area contributed by atoms with Crippen LogP contribution in [0, 0.1) is 10.1 Å². The summed E-state index contributed by atoms with van der Waals surface area (Å²) in [6.45, 7) is 3.26. The molecule has 0 saturated carbocycles. The van der Waals surface area contributed by atoms with E-state index in [1.165, 1.54) is 0 Å². The van der Waals surface area contributed by atoms with Gasteiger partial charge in [0.25, 0.3) is 5.69 Å². The Morgan fingerprint density at radius 3 is 2.37 bits per heavy atom. The number of halogens is 3. The first-order valence-electron chi connectivity index (χ1n) is 7.94. The molecule has 1 aromatic rings. The van der Waals surface area contributed by atoms with E-state index in [0.29, 0.717) is 12.1 Å². The van der Waals surface area contributed by atoms with Crippen molar-refractivity contribution in [2.75, 3.05) is 11.9 Å². The predicted octanol–water partition coefficient (Wildman–Crippen LogP) is 3.18. The summed E-state index contributed by atoms with van der Waals surface area (Å²) in [6, 6.07) is 2.08. The Hall–Kier alpha value is -2.85. The molecule has 0 aliphatic carbocycles. The third kappa shape index (κ3) is 7.50. The molecule has 11 heteroatoms. The number of hydrogen-bond donors (Lipinski definition) is 3. The van der Waals surface area contributed by atoms with E-state index in [0.717, 1.165) is 6.07 Å². The summed E-state index contributed by atoms with van der Waals surface area (Å²) >= 11 is 0. The minimum atomic E-state index is -4.70. The van der Waals surface area contributed by atoms with E-state index >= 15 is 0 Å². The summed E-state index contributed by atoms with van der Waals surface area (Å²) in [5, 5.41) is 24.9. The number of carbonyl (C=O) groups excluding carboxylic acids is 1. The number of carboxylic acid groups (broad SMARTS) is 1. The molecule has 0 heterocycles. The van der Waals surface area contributed by atoms with Crippen LogP contribution in [0.25, 0.3) is 0 Å². The molecular formula is C16H20F3N3O5. The summed E-state index contributed by atoms with van der Waals surface area (Å²) in [5.74, 6) is -1.42. The van der Waals surface area contributed by atoms with E-state index in [-0.39, 0.29) is 31.5 Å². The average molecular weight is 391 g/mol. The van der Waals surface area contributed by atoms with E-state index < -0.39 is 39.8 Å². The van der Waals surface area contributed by atoms with Crippen LogP contribution in [0.15, 0.2) is 18.2 Å². The van der Waals surface area contributed by atoms with Crippen LogP contribution in [0.2, 0.25) is 0 Å². The summed E-state index contributed by atoms with van der Waals surface area (Å²) in [4.78, 5) is 32.5. The van der Waals surface area contributed by atoms with Gasteiger partial charge in [-0.3, -0.25) is 19.7 Å². The Kier molecular flexibility index (Phi) is 7.14. The second kappa shape index (κ2) is 8.69. The lowest BCUT2D eigenvalue weighted by molar-refractivity contribution is -0.384. The largest absolute Gasteiger partial charge is 0.481 e. The second-order valence-electron chi connectivity index (χ2n) is 6.49. The first kappa shape index (κ1) is 22.2. The van der Waals surface area contributed by atoms with Gasteiger partial charge in [-0.15, -0.1) is 0 Å². The van der Waals surface area contributed by atoms with Gasteiger partial charge in [-0.25, -0.2) is 0 Å². The molecule has 0 fully saturated rings. The van der Waals surface area contributed by atoms with Crippen molar-refractivity contribution in [3.8, 4) is 0 Å². The Balaban J connectivity index is 2.67. The average Bonchev–Trinajstić information content (AvgIpc) is 2.51. The number of rotatable bonds is 9. The molecule has 3 N–H and O–H groups in total. The van der Waals surface area contributed by atoms with Crippen LogP contribution in [-0.4, -0.2) is 34.0 Å². The van der Waals surface area contributed by atoms with Gasteiger partial charge in [0.05, 0.1) is 10.5 Å². The number of nitrogens with zero attached hydrogens (tertiary/aromatic N) is 1. The number of nitro groups is 1. The van der Waals surface area contributed by atoms with E-state index in [1.807, 2.05) is 0 Å². The van der Waals surface area contributed by atoms with Crippen molar-refractivity contribution in [1.29, 1.82) is 0 Å². The molecule has 0 aliphatic rings. The normalized spacial score (nSPS) is 11.7. The van der Waals surface area contributed by atoms with Crippen molar-refractivity contribution in [2.45, 2.75) is 44.8 Å². The highest BCUT2D eigenvalue weighted by Crippen LogP contribution is 2.34. The standard InChI is InChI=1S/C16H20F3N3O5/c1-15(2,7-5-14(24)25)21-13(23)6-8-20-11-4-3-10(16(17,18)19)9-12(11)22(26)27/h3-4,9,20H,5-8H2,1-2H3,(H,21,23)(H,24,25). The van der Waals surface area contributed by atoms with Gasteiger partial charge >= 0.3 is 12.1 Å². The van der Waals surface area contributed by atoms with Gasteiger partial charge in [0.1, 0.15) is 5.69 Å². The highest BCUT2D eigenvalue weighted by molar-refractivity contribution is 5.77. The quantitative estimate of drug-likeness (QED) is 0.439. The van der Waals surface area contributed by atoms with Crippen LogP contribution >= 0.6 is 0 Å². The molecule has 0 unspecified atom stereocenters. The molecule has 0 aliphatic heterocycles. The molecule has 8 nitrogen and oxygen atoms in total. The zero-order valence-corrected chi connectivity index (χ0v) is 14.7. The second-order valence-corrected chi connectivity index (χ2v) is 6.49. The highest BCUT2D eigenvalue weighted by Gasteiger charge is 2.33. The van der Waals surface area contributed by atoms with Crippen LogP contribution in [0.1, 0.15) is 38.7 Å². The number of carboxylic acids is 1. The summed E-state index contributed by atoms with van der Waals surface area (Å²) in [6.07, 6.45) is -4.71. The van der Waals surface area contributed by atoms with E-state index in [4.69, 9.17) is 5.11 Å². The minimum Gasteiger partial charge on any atom is -0.481 e. The topological polar surface area (TPSA) is 122 Å². The number of aliphatic carboxylic acids is 1. The Bertz CT molecular complexity index is 720. The molecule has 0 aromatic heterocycles. The zero-order valence-electron chi connectivity index (χ0n) is 14.7. The minimum absolute atomic E-state index is 0.0486. The van der Waals surface area contributed by atoms with Gasteiger partial charge in [0, 0.05) is 31.0 Å². The fourth-order valence-corrected chi connectivity index (χ4v) is 2.24. The number of benzene rings is 1. The number of alkyl halides is 3. The van der Waals surface area contributed by atoms with Crippen molar-refractivity contribution in [1.82, 2.24) is 5.32 Å². The maximum absolute atomic E-state index is 12.7. The van der Waals surface area contributed by atoms with Crippen LogP contribution < -0.4 is 10.6 Å². The van der Waals surface area contributed by atoms with Crippen molar-refractivity contribution in [3.63, 3.8) is 0 Å². The zero-order chi connectivity index (χ0) is 20.8. The third-order valence-electron chi connectivity index (χ3n) is 3.63. The maximum atomic E-state index is 12.7. The predicted molar refractivity (Wildman–Crippen MR) is 90.3 cm³/mol. The summed E-state index contributed by atoms with van der Waals surface area (Å²) in [5.41, 5.74) is -2.77. The molecule has 1 rings (SSSR count). The number of hydrogen-bond acceptors (Lipinski definition) is 5. The van der Waals surface area contributed by atoms with Crippen LogP contribution in [0.4, 0.5) is 24.5 Å². The molecule has 0 bridgehead atoms. The van der Waals surface area contributed by atoms with Gasteiger partial charge in [0.15, 0.2) is 0 Å². The van der Waals surface area contributed by atoms with Crippen LogP contribution in [0.3, 0.4) is 0 Å². The molecule has 1 amide bonds. The SMILES string of the molecule is CC(C)(CCC(=O)O)NC(=O)CCNc1ccc(C(F)(F)F)cc1[N+](=O)[O-]. The van der Waals surface area contributed by atoms with Gasteiger partial charge < -0.3 is 15.7 Å². The van der Waals surface area contributed by atoms with Crippen LogP contribution in [-0.2, 0) is 15.8 Å². The third-order valence-corrected chi connectivity index (χ3v) is 3.63. The molecule has 0 saturated heterocycles. The fraction of sp³-hybridized carbons (Fsp3) is 0.500. The highest BCUT2D eigenvalue weighted by atomic mass is 19.4. The molecular weight excluding hydrogens is 371 g/mol. The molecule has 27 heavy (non-hydrogen) atoms. The van der Waals surface area contributed by atoms with Crippen LogP contribution in [0.5, 0.6) is 0 Å². The number of nitro benzene ring substituents is 1. The van der Waals surface area contributed by atoms with Crippen molar-refractivity contribution in [2.24, 2.45) is 0 Å². The molecule has 1 aromatic carbocycles. The van der Waals surface area contributed by atoms with Crippen molar-refractivity contribution in [3.05, 3.63) is 33.9 Å². The monoisotopic (exact) mass is 391 g/mol. The van der Waals surface area contributed by atoms with Gasteiger partial charge in [-0.1, -0.05) is 0 Å². The first-order chi connectivity index (χ1) is 12.3. The van der Waals surface area contributed by atoms with E-state index in [9.17, 15) is 32.9 Å². The Morgan fingerprint density at radius 2 is 1.85 bits per heavy atom. The lowest BCUT2D eigenvalue weighted by Crippen LogP contribution is -2.44. The number of carbonyl (C=O) groups is 2. The van der Waals surface area contributed by atoms with E-state index in [1.54, 1.807) is 13.8 Å². The molecule has 0 atom stereocenters. The molecule has 150 valence electrons. The number of nitrogens with one attached hydrogen (secondary N) is 2. The lowest BCUT2D eigenvalue weighted by Gasteiger charge is -2.25. The summed E-state index contributed by atoms with van der Waals surface area (Å²) in [7, 11) is 0. The van der Waals surface area contributed by atoms with Crippen molar-refractivity contribution < 1.29 is 32.8 Å². The first-order valence-corrected chi connectivity index (χ1v) is 7.94. The summed E-state index contributed by atoms with van der Waals surface area (Å²) < 4.78 is 38.0. The number of anilines is 1. The van der Waals surface area contributed by atoms with E-state index in [2.05, 4.69) is 10.6 Å². The van der Waals surface area contributed by atoms with Gasteiger partial charge in [-0.2, -0.15) is 13.2 Å². The maximum Gasteiger partial charge on any atom is 0.416 e. The molecule has 0 spiro atoms. The Morgan fingerprint density at radius 1 is 1.22 bits per heavy atom. The fourth-order valence-electron chi connectivity index (χ4n) is 2.24. The van der Waals surface area contributed by atoms with Crippen molar-refractivity contribution >= 4 is 23.3 Å². The number of amides is 1. The smallest absolute Gasteiger partial charge is 0.416 e. The Labute approximate surface area is 152 Å². The molecule has 0 radical (unpaired) electrons. The van der Waals surface area contributed by atoms with Gasteiger partial charge in [0.2, 0.25) is 5.91 Å².